The van der Waals surface area contributed by atoms with Gasteiger partial charge in [0.15, 0.2) is 5.78 Å². The average molecular weight is 359 g/mol. The highest BCUT2D eigenvalue weighted by Gasteiger charge is 2.22. The van der Waals surface area contributed by atoms with Crippen LogP contribution < -0.4 is 10.1 Å². The Morgan fingerprint density at radius 3 is 2.88 bits per heavy atom. The van der Waals surface area contributed by atoms with Crippen molar-refractivity contribution >= 4 is 17.4 Å². The van der Waals surface area contributed by atoms with Crippen molar-refractivity contribution in [3.05, 3.63) is 58.9 Å². The average Bonchev–Trinajstić information content (AvgIpc) is 2.64. The van der Waals surface area contributed by atoms with E-state index >= 15 is 0 Å². The van der Waals surface area contributed by atoms with Crippen LogP contribution in [-0.4, -0.2) is 29.5 Å². The van der Waals surface area contributed by atoms with Gasteiger partial charge in [-0.05, 0) is 37.9 Å². The first-order valence-corrected chi connectivity index (χ1v) is 9.14. The molecule has 1 N–H and O–H groups in total. The maximum Gasteiger partial charge on any atom is 0.170 e. The predicted molar refractivity (Wildman–Crippen MR) is 99.5 cm³/mol. The molecule has 1 aliphatic rings. The fourth-order valence-electron chi connectivity index (χ4n) is 3.14. The smallest absolute Gasteiger partial charge is 0.170 e. The van der Waals surface area contributed by atoms with Crippen LogP contribution in [0.25, 0.3) is 0 Å². The van der Waals surface area contributed by atoms with Crippen LogP contribution >= 0.6 is 11.6 Å². The zero-order chi connectivity index (χ0) is 17.6. The van der Waals surface area contributed by atoms with E-state index in [9.17, 15) is 4.79 Å². The monoisotopic (exact) mass is 358 g/mol. The largest absolute Gasteiger partial charge is 0.487 e. The molecule has 1 fully saturated rings. The van der Waals surface area contributed by atoms with Crippen molar-refractivity contribution in [1.82, 2.24) is 10.3 Å². The Hall–Kier alpha value is -1.91. The number of nitrogens with zero attached hydrogens (tertiary/aromatic N) is 1. The van der Waals surface area contributed by atoms with E-state index in [0.29, 0.717) is 23.8 Å². The summed E-state index contributed by atoms with van der Waals surface area (Å²) in [4.78, 5) is 16.7. The highest BCUT2D eigenvalue weighted by atomic mass is 35.5. The van der Waals surface area contributed by atoms with E-state index in [1.807, 2.05) is 37.3 Å². The number of halogens is 1. The number of Topliss-reactive ketones (excluding diaryl/α,β-unsaturated/α-hetero) is 1. The third-order valence-electron chi connectivity index (χ3n) is 4.56. The second kappa shape index (κ2) is 8.45. The quantitative estimate of drug-likeness (QED) is 0.624. The molecule has 4 nitrogen and oxygen atoms in total. The minimum absolute atomic E-state index is 0.0142. The van der Waals surface area contributed by atoms with Gasteiger partial charge in [0.25, 0.3) is 0 Å². The fourth-order valence-corrected chi connectivity index (χ4v) is 3.35. The number of hydrogen-bond acceptors (Lipinski definition) is 4. The maximum atomic E-state index is 12.6. The molecule has 0 saturated carbocycles. The second-order valence-corrected chi connectivity index (χ2v) is 6.83. The lowest BCUT2D eigenvalue weighted by molar-refractivity contribution is 0.0991. The molecule has 3 rings (SSSR count). The van der Waals surface area contributed by atoms with E-state index in [-0.39, 0.29) is 17.0 Å². The summed E-state index contributed by atoms with van der Waals surface area (Å²) in [7, 11) is 0. The number of aromatic nitrogens is 1. The molecule has 0 aliphatic carbocycles. The van der Waals surface area contributed by atoms with Crippen LogP contribution in [0.5, 0.6) is 5.75 Å². The van der Waals surface area contributed by atoms with Crippen molar-refractivity contribution in [2.75, 3.05) is 6.54 Å². The van der Waals surface area contributed by atoms with Gasteiger partial charge in [-0.15, -0.1) is 0 Å². The number of nitrogens with one attached hydrogen (secondary N) is 1. The number of carbonyl (C=O) groups is 1. The SMILES string of the molecule is CC(Oc1cnc(Cl)c(C(=O)Cc2ccccc2)c1)[C@H]1CCCCN1. The molecule has 2 atom stereocenters. The van der Waals surface area contributed by atoms with Gasteiger partial charge in [-0.3, -0.25) is 4.79 Å². The summed E-state index contributed by atoms with van der Waals surface area (Å²) < 4.78 is 6.01. The van der Waals surface area contributed by atoms with Gasteiger partial charge >= 0.3 is 0 Å². The summed E-state index contributed by atoms with van der Waals surface area (Å²) in [5, 5.41) is 3.70. The van der Waals surface area contributed by atoms with Crippen LogP contribution in [0.2, 0.25) is 5.15 Å². The fraction of sp³-hybridized carbons (Fsp3) is 0.400. The number of ketones is 1. The van der Waals surface area contributed by atoms with Crippen molar-refractivity contribution < 1.29 is 9.53 Å². The molecule has 5 heteroatoms. The predicted octanol–water partition coefficient (Wildman–Crippen LogP) is 4.07. The number of benzene rings is 1. The standard InChI is InChI=1S/C20H23ClN2O2/c1-14(18-9-5-6-10-22-18)25-16-12-17(20(21)23-13-16)19(24)11-15-7-3-2-4-8-15/h2-4,7-8,12-14,18,22H,5-6,9-11H2,1H3/t14?,18-/m1/s1. The highest BCUT2D eigenvalue weighted by molar-refractivity contribution is 6.32. The molecule has 1 aromatic carbocycles. The molecule has 1 aliphatic heterocycles. The van der Waals surface area contributed by atoms with Crippen LogP contribution in [0, 0.1) is 0 Å². The topological polar surface area (TPSA) is 51.2 Å². The van der Waals surface area contributed by atoms with Crippen molar-refractivity contribution in [2.45, 2.75) is 44.8 Å². The van der Waals surface area contributed by atoms with E-state index in [1.54, 1.807) is 12.3 Å². The maximum absolute atomic E-state index is 12.6. The minimum atomic E-state index is -0.0578. The third kappa shape index (κ3) is 4.80. The zero-order valence-electron chi connectivity index (χ0n) is 14.4. The van der Waals surface area contributed by atoms with Gasteiger partial charge in [0.1, 0.15) is 17.0 Å². The molecule has 0 spiro atoms. The minimum Gasteiger partial charge on any atom is -0.487 e. The molecular formula is C20H23ClN2O2. The van der Waals surface area contributed by atoms with Crippen LogP contribution in [0.15, 0.2) is 42.6 Å². The highest BCUT2D eigenvalue weighted by Crippen LogP contribution is 2.23. The molecule has 0 amide bonds. The molecule has 0 radical (unpaired) electrons. The van der Waals surface area contributed by atoms with E-state index in [4.69, 9.17) is 16.3 Å². The Kier molecular flexibility index (Phi) is 6.05. The first-order valence-electron chi connectivity index (χ1n) is 8.76. The van der Waals surface area contributed by atoms with Gasteiger partial charge < -0.3 is 10.1 Å². The summed E-state index contributed by atoms with van der Waals surface area (Å²) in [5.74, 6) is 0.526. The Bertz CT molecular complexity index is 715. The number of piperidine rings is 1. The Morgan fingerprint density at radius 2 is 2.16 bits per heavy atom. The molecule has 25 heavy (non-hydrogen) atoms. The molecule has 1 saturated heterocycles. The van der Waals surface area contributed by atoms with Crippen LogP contribution in [-0.2, 0) is 6.42 Å². The van der Waals surface area contributed by atoms with E-state index in [1.165, 1.54) is 12.8 Å². The van der Waals surface area contributed by atoms with Gasteiger partial charge in [0, 0.05) is 12.5 Å². The normalized spacial score (nSPS) is 18.6. The number of carbonyl (C=O) groups excluding carboxylic acids is 1. The van der Waals surface area contributed by atoms with Crippen LogP contribution in [0.1, 0.15) is 42.1 Å². The first-order chi connectivity index (χ1) is 12.1. The van der Waals surface area contributed by atoms with Gasteiger partial charge in [0.05, 0.1) is 11.8 Å². The number of ether oxygens (including phenoxy) is 1. The lowest BCUT2D eigenvalue weighted by atomic mass is 10.0. The summed E-state index contributed by atoms with van der Waals surface area (Å²) in [5.41, 5.74) is 1.36. The zero-order valence-corrected chi connectivity index (χ0v) is 15.1. The Balaban J connectivity index is 1.70. The van der Waals surface area contributed by atoms with Gasteiger partial charge in [-0.1, -0.05) is 48.4 Å². The van der Waals surface area contributed by atoms with E-state index < -0.39 is 0 Å². The van der Waals surface area contributed by atoms with Gasteiger partial charge in [-0.2, -0.15) is 0 Å². The van der Waals surface area contributed by atoms with Crippen molar-refractivity contribution in [3.8, 4) is 5.75 Å². The summed E-state index contributed by atoms with van der Waals surface area (Å²) in [6.07, 6.45) is 5.42. The number of pyridine rings is 1. The summed E-state index contributed by atoms with van der Waals surface area (Å²) in [6, 6.07) is 11.7. The second-order valence-electron chi connectivity index (χ2n) is 6.47. The molecule has 1 unspecified atom stereocenters. The molecule has 0 bridgehead atoms. The molecule has 1 aromatic heterocycles. The van der Waals surface area contributed by atoms with Crippen molar-refractivity contribution in [3.63, 3.8) is 0 Å². The molecule has 2 aromatic rings. The summed E-state index contributed by atoms with van der Waals surface area (Å²) >= 11 is 6.14. The van der Waals surface area contributed by atoms with Gasteiger partial charge in [-0.25, -0.2) is 4.98 Å². The Labute approximate surface area is 153 Å². The molecular weight excluding hydrogens is 336 g/mol. The van der Waals surface area contributed by atoms with Crippen molar-refractivity contribution in [1.29, 1.82) is 0 Å². The molecule has 132 valence electrons. The lowest BCUT2D eigenvalue weighted by Gasteiger charge is -2.29. The molecule has 2 heterocycles. The first kappa shape index (κ1) is 17.9. The van der Waals surface area contributed by atoms with E-state index in [2.05, 4.69) is 10.3 Å². The van der Waals surface area contributed by atoms with Crippen LogP contribution in [0.4, 0.5) is 0 Å². The summed E-state index contributed by atoms with van der Waals surface area (Å²) in [6.45, 7) is 3.07. The van der Waals surface area contributed by atoms with Gasteiger partial charge in [0.2, 0.25) is 0 Å². The van der Waals surface area contributed by atoms with Crippen molar-refractivity contribution in [2.24, 2.45) is 0 Å². The number of hydrogen-bond donors (Lipinski definition) is 1. The Morgan fingerprint density at radius 1 is 1.36 bits per heavy atom. The lowest BCUT2D eigenvalue weighted by Crippen LogP contribution is -2.44. The third-order valence-corrected chi connectivity index (χ3v) is 4.86. The number of rotatable bonds is 6. The van der Waals surface area contributed by atoms with E-state index in [0.717, 1.165) is 18.5 Å². The van der Waals surface area contributed by atoms with Crippen LogP contribution in [0.3, 0.4) is 0 Å².